The smallest absolute Gasteiger partial charge is 0.253 e. The second-order valence-electron chi connectivity index (χ2n) is 5.01. The molecular formula is C16H16Cl2N2O. The van der Waals surface area contributed by atoms with Crippen LogP contribution in [-0.4, -0.2) is 17.9 Å². The predicted octanol–water partition coefficient (Wildman–Crippen LogP) is 4.16. The first-order chi connectivity index (χ1) is 9.86. The maximum atomic E-state index is 12.4. The topological polar surface area (TPSA) is 46.3 Å². The molecule has 3 nitrogen and oxygen atoms in total. The fourth-order valence-corrected chi connectivity index (χ4v) is 2.65. The average Bonchev–Trinajstić information content (AvgIpc) is 2.39. The minimum atomic E-state index is -0.0748. The molecule has 1 amide bonds. The van der Waals surface area contributed by atoms with Gasteiger partial charge in [0.1, 0.15) is 0 Å². The molecule has 0 radical (unpaired) electrons. The second kappa shape index (κ2) is 6.37. The van der Waals surface area contributed by atoms with Crippen LogP contribution in [0.4, 0.5) is 5.69 Å². The first-order valence-corrected chi connectivity index (χ1v) is 7.19. The van der Waals surface area contributed by atoms with Crippen molar-refractivity contribution >= 4 is 34.8 Å². The van der Waals surface area contributed by atoms with Gasteiger partial charge in [0.25, 0.3) is 5.91 Å². The SMILES string of the molecule is Cc1cc(C(=O)N(C)Cc2cc(Cl)cc(Cl)c2)ccc1N. The maximum absolute atomic E-state index is 12.4. The molecule has 0 unspecified atom stereocenters. The van der Waals surface area contributed by atoms with Crippen LogP contribution < -0.4 is 5.73 Å². The second-order valence-corrected chi connectivity index (χ2v) is 5.88. The largest absolute Gasteiger partial charge is 0.399 e. The highest BCUT2D eigenvalue weighted by atomic mass is 35.5. The quantitative estimate of drug-likeness (QED) is 0.862. The molecule has 0 fully saturated rings. The van der Waals surface area contributed by atoms with Crippen molar-refractivity contribution in [2.45, 2.75) is 13.5 Å². The summed E-state index contributed by atoms with van der Waals surface area (Å²) >= 11 is 11.9. The fraction of sp³-hybridized carbons (Fsp3) is 0.188. The van der Waals surface area contributed by atoms with Crippen molar-refractivity contribution in [3.63, 3.8) is 0 Å². The molecule has 0 spiro atoms. The summed E-state index contributed by atoms with van der Waals surface area (Å²) < 4.78 is 0. The van der Waals surface area contributed by atoms with Crippen molar-refractivity contribution < 1.29 is 4.79 Å². The van der Waals surface area contributed by atoms with Crippen molar-refractivity contribution in [1.82, 2.24) is 4.90 Å². The zero-order valence-electron chi connectivity index (χ0n) is 11.9. The summed E-state index contributed by atoms with van der Waals surface area (Å²) in [7, 11) is 1.74. The summed E-state index contributed by atoms with van der Waals surface area (Å²) in [6.45, 7) is 2.31. The molecule has 21 heavy (non-hydrogen) atoms. The first-order valence-electron chi connectivity index (χ1n) is 6.43. The highest BCUT2D eigenvalue weighted by Gasteiger charge is 2.13. The normalized spacial score (nSPS) is 10.5. The van der Waals surface area contributed by atoms with Crippen LogP contribution in [-0.2, 0) is 6.54 Å². The van der Waals surface area contributed by atoms with E-state index < -0.39 is 0 Å². The number of nitrogen functional groups attached to an aromatic ring is 1. The van der Waals surface area contributed by atoms with Gasteiger partial charge in [-0.15, -0.1) is 0 Å². The van der Waals surface area contributed by atoms with Crippen LogP contribution in [0.2, 0.25) is 10.0 Å². The van der Waals surface area contributed by atoms with Crippen molar-refractivity contribution in [2.24, 2.45) is 0 Å². The van der Waals surface area contributed by atoms with E-state index in [1.54, 1.807) is 48.3 Å². The Morgan fingerprint density at radius 2 is 1.76 bits per heavy atom. The van der Waals surface area contributed by atoms with E-state index in [9.17, 15) is 4.79 Å². The summed E-state index contributed by atoms with van der Waals surface area (Å²) in [5.41, 5.74) is 8.83. The number of carbonyl (C=O) groups excluding carboxylic acids is 1. The predicted molar refractivity (Wildman–Crippen MR) is 87.9 cm³/mol. The zero-order chi connectivity index (χ0) is 15.6. The van der Waals surface area contributed by atoms with Crippen LogP contribution in [0.15, 0.2) is 36.4 Å². The van der Waals surface area contributed by atoms with Gasteiger partial charge in [0.2, 0.25) is 0 Å². The van der Waals surface area contributed by atoms with Gasteiger partial charge >= 0.3 is 0 Å². The summed E-state index contributed by atoms with van der Waals surface area (Å²) in [4.78, 5) is 14.0. The summed E-state index contributed by atoms with van der Waals surface area (Å²) in [6.07, 6.45) is 0. The maximum Gasteiger partial charge on any atom is 0.253 e. The van der Waals surface area contributed by atoms with E-state index in [1.807, 2.05) is 6.92 Å². The summed E-state index contributed by atoms with van der Waals surface area (Å²) in [5.74, 6) is -0.0748. The number of anilines is 1. The van der Waals surface area contributed by atoms with Crippen LogP contribution >= 0.6 is 23.2 Å². The van der Waals surface area contributed by atoms with Crippen LogP contribution in [0.3, 0.4) is 0 Å². The van der Waals surface area contributed by atoms with E-state index in [0.717, 1.165) is 11.1 Å². The number of nitrogens with two attached hydrogens (primary N) is 1. The Morgan fingerprint density at radius 1 is 1.14 bits per heavy atom. The Kier molecular flexibility index (Phi) is 4.76. The van der Waals surface area contributed by atoms with Crippen LogP contribution in [0.25, 0.3) is 0 Å². The molecule has 0 aromatic heterocycles. The number of carbonyl (C=O) groups is 1. The van der Waals surface area contributed by atoms with E-state index in [2.05, 4.69) is 0 Å². The van der Waals surface area contributed by atoms with E-state index in [1.165, 1.54) is 0 Å². The Morgan fingerprint density at radius 3 is 2.33 bits per heavy atom. The van der Waals surface area contributed by atoms with Crippen LogP contribution in [0.1, 0.15) is 21.5 Å². The number of hydrogen-bond acceptors (Lipinski definition) is 2. The molecule has 2 aromatic rings. The monoisotopic (exact) mass is 322 g/mol. The number of amides is 1. The molecule has 2 rings (SSSR count). The fourth-order valence-electron chi connectivity index (χ4n) is 2.08. The van der Waals surface area contributed by atoms with Crippen LogP contribution in [0.5, 0.6) is 0 Å². The number of halogens is 2. The molecule has 0 aliphatic rings. The molecule has 5 heteroatoms. The lowest BCUT2D eigenvalue weighted by molar-refractivity contribution is 0.0785. The molecule has 0 saturated heterocycles. The van der Waals surface area contributed by atoms with Gasteiger partial charge in [-0.2, -0.15) is 0 Å². The lowest BCUT2D eigenvalue weighted by atomic mass is 10.1. The molecule has 0 saturated carbocycles. The lowest BCUT2D eigenvalue weighted by Gasteiger charge is -2.18. The van der Waals surface area contributed by atoms with Gasteiger partial charge in [-0.25, -0.2) is 0 Å². The number of rotatable bonds is 3. The Balaban J connectivity index is 2.17. The van der Waals surface area contributed by atoms with Crippen LogP contribution in [0, 0.1) is 6.92 Å². The van der Waals surface area contributed by atoms with E-state index in [0.29, 0.717) is 27.8 Å². The van der Waals surface area contributed by atoms with Crippen molar-refractivity contribution in [1.29, 1.82) is 0 Å². The minimum absolute atomic E-state index is 0.0748. The highest BCUT2D eigenvalue weighted by molar-refractivity contribution is 6.34. The van der Waals surface area contributed by atoms with E-state index in [-0.39, 0.29) is 5.91 Å². The van der Waals surface area contributed by atoms with Gasteiger partial charge in [0.15, 0.2) is 0 Å². The third-order valence-corrected chi connectivity index (χ3v) is 3.64. The molecule has 110 valence electrons. The number of nitrogens with zero attached hydrogens (tertiary/aromatic N) is 1. The van der Waals surface area contributed by atoms with Gasteiger partial charge in [-0.1, -0.05) is 23.2 Å². The minimum Gasteiger partial charge on any atom is -0.399 e. The Labute approximate surface area is 134 Å². The van der Waals surface area contributed by atoms with E-state index >= 15 is 0 Å². The van der Waals surface area contributed by atoms with Gasteiger partial charge < -0.3 is 10.6 Å². The van der Waals surface area contributed by atoms with Gasteiger partial charge in [-0.05, 0) is 54.4 Å². The molecule has 2 N–H and O–H groups in total. The third-order valence-electron chi connectivity index (χ3n) is 3.21. The molecule has 0 aliphatic heterocycles. The number of hydrogen-bond donors (Lipinski definition) is 1. The van der Waals surface area contributed by atoms with Crippen molar-refractivity contribution in [3.8, 4) is 0 Å². The van der Waals surface area contributed by atoms with Gasteiger partial charge in [0.05, 0.1) is 0 Å². The van der Waals surface area contributed by atoms with Crippen molar-refractivity contribution in [2.75, 3.05) is 12.8 Å². The standard InChI is InChI=1S/C16H16Cl2N2O/c1-10-5-12(3-4-15(10)19)16(21)20(2)9-11-6-13(17)8-14(18)7-11/h3-8H,9,19H2,1-2H3. The molecule has 2 aromatic carbocycles. The number of aryl methyl sites for hydroxylation is 1. The molecule has 0 heterocycles. The van der Waals surface area contributed by atoms with Gasteiger partial charge in [-0.3, -0.25) is 4.79 Å². The first kappa shape index (κ1) is 15.7. The summed E-state index contributed by atoms with van der Waals surface area (Å²) in [6, 6.07) is 10.5. The van der Waals surface area contributed by atoms with Gasteiger partial charge in [0, 0.05) is 34.9 Å². The molecule has 0 bridgehead atoms. The highest BCUT2D eigenvalue weighted by Crippen LogP contribution is 2.21. The molecule has 0 aliphatic carbocycles. The van der Waals surface area contributed by atoms with Crippen molar-refractivity contribution in [3.05, 3.63) is 63.1 Å². The zero-order valence-corrected chi connectivity index (χ0v) is 13.4. The summed E-state index contributed by atoms with van der Waals surface area (Å²) in [5, 5.41) is 1.11. The average molecular weight is 323 g/mol. The molecule has 0 atom stereocenters. The third kappa shape index (κ3) is 3.90. The number of benzene rings is 2. The van der Waals surface area contributed by atoms with E-state index in [4.69, 9.17) is 28.9 Å². The Hall–Kier alpha value is -1.71. The lowest BCUT2D eigenvalue weighted by Crippen LogP contribution is -2.26. The Bertz CT molecular complexity index is 666. The molecular weight excluding hydrogens is 307 g/mol.